The Morgan fingerprint density at radius 1 is 0.897 bits per heavy atom. The maximum Gasteiger partial charge on any atom is 0.243 e. The molecule has 0 spiro atoms. The first-order chi connectivity index (χ1) is 14.0. The lowest BCUT2D eigenvalue weighted by Gasteiger charge is -2.35. The molecule has 0 radical (unpaired) electrons. The van der Waals surface area contributed by atoms with Crippen LogP contribution in [0.5, 0.6) is 0 Å². The van der Waals surface area contributed by atoms with Crippen LogP contribution in [0.2, 0.25) is 0 Å². The lowest BCUT2D eigenvalue weighted by Crippen LogP contribution is -2.47. The summed E-state index contributed by atoms with van der Waals surface area (Å²) < 4.78 is 27.8. The molecule has 7 nitrogen and oxygen atoms in total. The first-order valence-corrected chi connectivity index (χ1v) is 12.1. The molecule has 1 atom stereocenters. The highest BCUT2D eigenvalue weighted by Gasteiger charge is 2.35. The maximum absolute atomic E-state index is 13.1. The normalized spacial score (nSPS) is 24.1. The molecule has 3 saturated heterocycles. The number of rotatable bonds is 4. The van der Waals surface area contributed by atoms with Crippen LogP contribution in [0.3, 0.4) is 0 Å². The van der Waals surface area contributed by atoms with Crippen LogP contribution in [0.1, 0.15) is 44.9 Å². The van der Waals surface area contributed by atoms with Crippen LogP contribution in [0.15, 0.2) is 29.2 Å². The molecule has 29 heavy (non-hydrogen) atoms. The van der Waals surface area contributed by atoms with Crippen LogP contribution in [0, 0.1) is 5.92 Å². The molecule has 3 fully saturated rings. The molecule has 0 aromatic heterocycles. The van der Waals surface area contributed by atoms with Crippen LogP contribution in [0.4, 0.5) is 5.69 Å². The molecule has 1 aromatic rings. The topological polar surface area (TPSA) is 78.0 Å². The Bertz CT molecular complexity index is 862. The summed E-state index contributed by atoms with van der Waals surface area (Å²) in [5.41, 5.74) is 0.739. The average molecular weight is 420 g/mol. The molecular formula is C21H29N3O4S. The average Bonchev–Trinajstić information content (AvgIpc) is 3.20. The molecule has 0 aliphatic carbocycles. The first-order valence-electron chi connectivity index (χ1n) is 10.7. The third-order valence-electron chi connectivity index (χ3n) is 6.26. The van der Waals surface area contributed by atoms with Gasteiger partial charge in [0.1, 0.15) is 0 Å². The summed E-state index contributed by atoms with van der Waals surface area (Å²) in [5.74, 6) is -0.0682. The van der Waals surface area contributed by atoms with Crippen LogP contribution in [-0.2, 0) is 19.6 Å². The molecule has 1 aromatic carbocycles. The van der Waals surface area contributed by atoms with E-state index >= 15 is 0 Å². The highest BCUT2D eigenvalue weighted by molar-refractivity contribution is 7.89. The minimum atomic E-state index is -3.65. The van der Waals surface area contributed by atoms with Gasteiger partial charge in [0.2, 0.25) is 21.8 Å². The van der Waals surface area contributed by atoms with Crippen molar-refractivity contribution in [1.29, 1.82) is 0 Å². The lowest BCUT2D eigenvalue weighted by atomic mass is 9.97. The van der Waals surface area contributed by atoms with E-state index in [1.807, 2.05) is 4.90 Å². The molecule has 4 rings (SSSR count). The van der Waals surface area contributed by atoms with Crippen molar-refractivity contribution in [2.24, 2.45) is 5.92 Å². The standard InChI is InChI=1S/C21H29N3O4S/c25-20-7-5-15-24(20)18-8-10-19(11-9-18)29(27,28)23-14-4-6-17(16-23)21(26)22-12-2-1-3-13-22/h8-11,17H,1-7,12-16H2. The molecular weight excluding hydrogens is 390 g/mol. The fourth-order valence-corrected chi connectivity index (χ4v) is 6.13. The van der Waals surface area contributed by atoms with Gasteiger partial charge in [0, 0.05) is 44.8 Å². The maximum atomic E-state index is 13.1. The third kappa shape index (κ3) is 4.19. The largest absolute Gasteiger partial charge is 0.342 e. The molecule has 0 N–H and O–H groups in total. The number of amides is 2. The van der Waals surface area contributed by atoms with Crippen molar-refractivity contribution in [2.75, 3.05) is 37.6 Å². The highest BCUT2D eigenvalue weighted by Crippen LogP contribution is 2.28. The zero-order valence-corrected chi connectivity index (χ0v) is 17.6. The van der Waals surface area contributed by atoms with Crippen LogP contribution < -0.4 is 4.90 Å². The fraction of sp³-hybridized carbons (Fsp3) is 0.619. The minimum Gasteiger partial charge on any atom is -0.342 e. The van der Waals surface area contributed by atoms with E-state index in [0.29, 0.717) is 25.9 Å². The molecule has 2 amide bonds. The second kappa shape index (κ2) is 8.44. The molecule has 158 valence electrons. The quantitative estimate of drug-likeness (QED) is 0.750. The van der Waals surface area contributed by atoms with Crippen molar-refractivity contribution in [3.63, 3.8) is 0 Å². The number of hydrogen-bond acceptors (Lipinski definition) is 4. The van der Waals surface area contributed by atoms with Gasteiger partial charge < -0.3 is 9.80 Å². The Labute approximate surface area is 172 Å². The predicted octanol–water partition coefficient (Wildman–Crippen LogP) is 2.23. The number of sulfonamides is 1. The number of carbonyl (C=O) groups excluding carboxylic acids is 2. The number of hydrogen-bond donors (Lipinski definition) is 0. The van der Waals surface area contributed by atoms with E-state index in [0.717, 1.165) is 50.9 Å². The van der Waals surface area contributed by atoms with Crippen LogP contribution in [0.25, 0.3) is 0 Å². The van der Waals surface area contributed by atoms with Gasteiger partial charge in [-0.2, -0.15) is 4.31 Å². The molecule has 3 aliphatic rings. The van der Waals surface area contributed by atoms with Crippen molar-refractivity contribution >= 4 is 27.5 Å². The minimum absolute atomic E-state index is 0.0794. The van der Waals surface area contributed by atoms with E-state index < -0.39 is 10.0 Å². The van der Waals surface area contributed by atoms with Gasteiger partial charge in [-0.05, 0) is 62.8 Å². The number of carbonyl (C=O) groups is 2. The van der Waals surface area contributed by atoms with Gasteiger partial charge in [-0.25, -0.2) is 8.42 Å². The summed E-state index contributed by atoms with van der Waals surface area (Å²) in [4.78, 5) is 28.6. The second-order valence-corrected chi connectivity index (χ2v) is 10.2. The monoisotopic (exact) mass is 419 g/mol. The van der Waals surface area contributed by atoms with E-state index in [9.17, 15) is 18.0 Å². The van der Waals surface area contributed by atoms with Gasteiger partial charge in [-0.15, -0.1) is 0 Å². The number of nitrogens with zero attached hydrogens (tertiary/aromatic N) is 3. The van der Waals surface area contributed by atoms with Gasteiger partial charge in [0.25, 0.3) is 0 Å². The summed E-state index contributed by atoms with van der Waals surface area (Å²) >= 11 is 0. The predicted molar refractivity (Wildman–Crippen MR) is 110 cm³/mol. The lowest BCUT2D eigenvalue weighted by molar-refractivity contribution is -0.137. The van der Waals surface area contributed by atoms with Gasteiger partial charge in [-0.1, -0.05) is 0 Å². The van der Waals surface area contributed by atoms with Crippen LogP contribution in [-0.4, -0.2) is 62.2 Å². The zero-order chi connectivity index (χ0) is 20.4. The van der Waals surface area contributed by atoms with Gasteiger partial charge in [0.15, 0.2) is 0 Å². The summed E-state index contributed by atoms with van der Waals surface area (Å²) in [6.07, 6.45) is 6.05. The molecule has 0 bridgehead atoms. The van der Waals surface area contributed by atoms with E-state index in [-0.39, 0.29) is 29.2 Å². The first kappa shape index (κ1) is 20.3. The fourth-order valence-electron chi connectivity index (χ4n) is 4.60. The zero-order valence-electron chi connectivity index (χ0n) is 16.8. The molecule has 3 aliphatic heterocycles. The van der Waals surface area contributed by atoms with Crippen molar-refractivity contribution in [2.45, 2.75) is 49.8 Å². The summed E-state index contributed by atoms with van der Waals surface area (Å²) in [7, 11) is -3.65. The smallest absolute Gasteiger partial charge is 0.243 e. The van der Waals surface area contributed by atoms with E-state index in [1.54, 1.807) is 29.2 Å². The van der Waals surface area contributed by atoms with E-state index in [4.69, 9.17) is 0 Å². The van der Waals surface area contributed by atoms with Crippen LogP contribution >= 0.6 is 0 Å². The molecule has 1 unspecified atom stereocenters. The van der Waals surface area contributed by atoms with Crippen molar-refractivity contribution in [3.05, 3.63) is 24.3 Å². The summed E-state index contributed by atoms with van der Waals surface area (Å²) in [5, 5.41) is 0. The molecule has 8 heteroatoms. The van der Waals surface area contributed by atoms with Gasteiger partial charge in [0.05, 0.1) is 10.8 Å². The Balaban J connectivity index is 1.46. The SMILES string of the molecule is O=C(C1CCCN(S(=O)(=O)c2ccc(N3CCCC3=O)cc2)C1)N1CCCCC1. The number of likely N-dealkylation sites (tertiary alicyclic amines) is 1. The molecule has 3 heterocycles. The second-order valence-electron chi connectivity index (χ2n) is 8.23. The molecule has 0 saturated carbocycles. The Hall–Kier alpha value is -1.93. The third-order valence-corrected chi connectivity index (χ3v) is 8.14. The number of anilines is 1. The summed E-state index contributed by atoms with van der Waals surface area (Å²) in [6.45, 7) is 2.96. The van der Waals surface area contributed by atoms with Crippen molar-refractivity contribution < 1.29 is 18.0 Å². The summed E-state index contributed by atoms with van der Waals surface area (Å²) in [6, 6.07) is 6.56. The van der Waals surface area contributed by atoms with Gasteiger partial charge >= 0.3 is 0 Å². The van der Waals surface area contributed by atoms with Crippen molar-refractivity contribution in [3.8, 4) is 0 Å². The van der Waals surface area contributed by atoms with E-state index in [1.165, 1.54) is 4.31 Å². The Morgan fingerprint density at radius 3 is 2.28 bits per heavy atom. The highest BCUT2D eigenvalue weighted by atomic mass is 32.2. The number of benzene rings is 1. The van der Waals surface area contributed by atoms with Gasteiger partial charge in [-0.3, -0.25) is 9.59 Å². The van der Waals surface area contributed by atoms with E-state index in [2.05, 4.69) is 0 Å². The van der Waals surface area contributed by atoms with Crippen molar-refractivity contribution in [1.82, 2.24) is 9.21 Å². The Kier molecular flexibility index (Phi) is 5.92. The Morgan fingerprint density at radius 2 is 1.62 bits per heavy atom. The number of piperidine rings is 2.